The van der Waals surface area contributed by atoms with Gasteiger partial charge in [0.05, 0.1) is 0 Å². The van der Waals surface area contributed by atoms with E-state index in [0.29, 0.717) is 5.82 Å². The average Bonchev–Trinajstić information content (AvgIpc) is 3.56. The minimum Gasteiger partial charge on any atom is -0.341 e. The molecule has 1 aliphatic carbocycles. The highest BCUT2D eigenvalue weighted by molar-refractivity contribution is 6.05. The summed E-state index contributed by atoms with van der Waals surface area (Å²) in [6.07, 6.45) is 9.94. The Hall–Kier alpha value is -2.98. The van der Waals surface area contributed by atoms with Crippen molar-refractivity contribution in [3.05, 3.63) is 88.8 Å². The molecule has 0 spiro atoms. The van der Waals surface area contributed by atoms with Gasteiger partial charge < -0.3 is 5.32 Å². The number of carbonyl (C=O) groups excluding carboxylic acids is 1. The Bertz CT molecular complexity index is 1230. The van der Waals surface area contributed by atoms with Gasteiger partial charge in [-0.15, -0.1) is 0 Å². The summed E-state index contributed by atoms with van der Waals surface area (Å²) in [5, 5.41) is 3.29. The zero-order chi connectivity index (χ0) is 29.3. The third kappa shape index (κ3) is 8.27. The van der Waals surface area contributed by atoms with Gasteiger partial charge in [-0.3, -0.25) is 9.69 Å². The van der Waals surface area contributed by atoms with Crippen molar-refractivity contribution in [2.24, 2.45) is 10.4 Å². The third-order valence-corrected chi connectivity index (χ3v) is 8.62. The molecule has 0 bridgehead atoms. The molecule has 216 valence electrons. The van der Waals surface area contributed by atoms with E-state index in [0.717, 1.165) is 29.4 Å². The lowest BCUT2D eigenvalue weighted by atomic mass is 9.78. The molecular weight excluding hydrogens is 490 g/mol. The van der Waals surface area contributed by atoms with E-state index >= 15 is 0 Å². The molecule has 1 unspecified atom stereocenters. The Balaban J connectivity index is 0.000000281. The highest BCUT2D eigenvalue weighted by Crippen LogP contribution is 2.37. The second-order valence-corrected chi connectivity index (χ2v) is 12.0. The molecule has 0 aromatic heterocycles. The molecule has 1 fully saturated rings. The van der Waals surface area contributed by atoms with Crippen LogP contribution in [-0.4, -0.2) is 29.5 Å². The molecule has 4 nitrogen and oxygen atoms in total. The van der Waals surface area contributed by atoms with E-state index in [-0.39, 0.29) is 5.78 Å². The number of hydrogen-bond donors (Lipinski definition) is 1. The number of nitrogens with zero attached hydrogens (tertiary/aromatic N) is 2. The van der Waals surface area contributed by atoms with Crippen molar-refractivity contribution in [3.8, 4) is 0 Å². The second-order valence-electron chi connectivity index (χ2n) is 12.0. The van der Waals surface area contributed by atoms with Crippen LogP contribution in [0.1, 0.15) is 102 Å². The van der Waals surface area contributed by atoms with Gasteiger partial charge in [0.1, 0.15) is 11.6 Å². The van der Waals surface area contributed by atoms with Crippen LogP contribution in [0.2, 0.25) is 0 Å². The smallest absolute Gasteiger partial charge is 0.139 e. The first-order valence-electron chi connectivity index (χ1n) is 15.2. The molecular formula is C36H51N3O. The van der Waals surface area contributed by atoms with Crippen molar-refractivity contribution in [1.29, 1.82) is 0 Å². The molecule has 1 N–H and O–H groups in total. The van der Waals surface area contributed by atoms with Gasteiger partial charge in [-0.2, -0.15) is 0 Å². The van der Waals surface area contributed by atoms with Gasteiger partial charge in [0, 0.05) is 23.4 Å². The van der Waals surface area contributed by atoms with Crippen molar-refractivity contribution in [2.75, 3.05) is 18.4 Å². The van der Waals surface area contributed by atoms with Crippen LogP contribution >= 0.6 is 0 Å². The van der Waals surface area contributed by atoms with Crippen LogP contribution in [0.5, 0.6) is 0 Å². The van der Waals surface area contributed by atoms with E-state index in [2.05, 4.69) is 72.0 Å². The number of carbonyl (C=O) groups is 1. The third-order valence-electron chi connectivity index (χ3n) is 8.62. The first kappa shape index (κ1) is 31.5. The van der Waals surface area contributed by atoms with E-state index in [4.69, 9.17) is 0 Å². The van der Waals surface area contributed by atoms with Crippen molar-refractivity contribution < 1.29 is 4.79 Å². The number of benzene rings is 2. The summed E-state index contributed by atoms with van der Waals surface area (Å²) >= 11 is 0. The molecule has 4 rings (SSSR count). The summed E-state index contributed by atoms with van der Waals surface area (Å²) in [4.78, 5) is 19.1. The molecule has 2 aliphatic rings. The average molecular weight is 542 g/mol. The molecule has 1 heterocycles. The van der Waals surface area contributed by atoms with Crippen LogP contribution in [0.25, 0.3) is 0 Å². The fraction of sp³-hybridized carbons (Fsp3) is 0.500. The van der Waals surface area contributed by atoms with Crippen LogP contribution in [0.4, 0.5) is 5.69 Å². The summed E-state index contributed by atoms with van der Waals surface area (Å²) in [6.45, 7) is 21.3. The summed E-state index contributed by atoms with van der Waals surface area (Å²) in [5.74, 6) is 1.56. The minimum absolute atomic E-state index is 0.123. The number of ketones is 1. The van der Waals surface area contributed by atoms with Crippen LogP contribution in [0, 0.1) is 12.3 Å². The molecule has 1 aliphatic heterocycles. The second kappa shape index (κ2) is 14.6. The lowest BCUT2D eigenvalue weighted by Crippen LogP contribution is -2.27. The lowest BCUT2D eigenvalue weighted by molar-refractivity contribution is -0.122. The van der Waals surface area contributed by atoms with Crippen molar-refractivity contribution in [2.45, 2.75) is 99.5 Å². The van der Waals surface area contributed by atoms with Gasteiger partial charge in [-0.05, 0) is 133 Å². The van der Waals surface area contributed by atoms with Crippen molar-refractivity contribution in [1.82, 2.24) is 4.90 Å². The Morgan fingerprint density at radius 1 is 1.15 bits per heavy atom. The highest BCUT2D eigenvalue weighted by Gasteiger charge is 2.29. The maximum absolute atomic E-state index is 12.0. The van der Waals surface area contributed by atoms with Crippen LogP contribution < -0.4 is 5.32 Å². The SMILES string of the molecule is C=C(/N=C(C)\C(=C/C)C(C)(C)C(C)=O)Nc1cccc(CN2CCCC2)c1.CCCC1CCc2c(C)cccc21. The highest BCUT2D eigenvalue weighted by atomic mass is 16.1. The van der Waals surface area contributed by atoms with Crippen molar-refractivity contribution >= 4 is 17.2 Å². The van der Waals surface area contributed by atoms with Gasteiger partial charge in [0.2, 0.25) is 0 Å². The number of likely N-dealkylation sites (tertiary alicyclic amines) is 1. The fourth-order valence-electron chi connectivity index (χ4n) is 6.19. The largest absolute Gasteiger partial charge is 0.341 e. The predicted molar refractivity (Wildman–Crippen MR) is 172 cm³/mol. The van der Waals surface area contributed by atoms with Gasteiger partial charge in [-0.1, -0.05) is 56.3 Å². The molecule has 2 aromatic rings. The summed E-state index contributed by atoms with van der Waals surface area (Å²) < 4.78 is 0. The van der Waals surface area contributed by atoms with E-state index in [1.807, 2.05) is 39.8 Å². The summed E-state index contributed by atoms with van der Waals surface area (Å²) in [5.41, 5.74) is 8.24. The van der Waals surface area contributed by atoms with Crippen LogP contribution in [-0.2, 0) is 17.8 Å². The molecule has 0 amide bonds. The monoisotopic (exact) mass is 541 g/mol. The fourth-order valence-corrected chi connectivity index (χ4v) is 6.19. The normalized spacial score (nSPS) is 17.7. The van der Waals surface area contributed by atoms with E-state index in [1.165, 1.54) is 62.7 Å². The van der Waals surface area contributed by atoms with E-state index < -0.39 is 5.41 Å². The van der Waals surface area contributed by atoms with Gasteiger partial charge in [0.15, 0.2) is 0 Å². The van der Waals surface area contributed by atoms with E-state index in [1.54, 1.807) is 18.1 Å². The molecule has 4 heteroatoms. The van der Waals surface area contributed by atoms with Crippen LogP contribution in [0.15, 0.2) is 71.5 Å². The van der Waals surface area contributed by atoms with Crippen LogP contribution in [0.3, 0.4) is 0 Å². The quantitative estimate of drug-likeness (QED) is 0.305. The molecule has 0 saturated carbocycles. The number of rotatable bonds is 10. The number of fused-ring (bicyclic) bond motifs is 1. The standard InChI is InChI=1S/C23H33N3O.C13H18/c1-7-22(23(5,6)18(3)27)17(2)24-19(4)25-21-12-10-11-20(15-21)16-26-13-8-9-14-26;1-3-5-11-8-9-12-10(2)6-4-7-13(11)12/h7,10-12,15,25H,4,8-9,13-14,16H2,1-3,5-6H3;4,6-7,11H,3,5,8-9H2,1-2H3/b22-7+,24-17-;. The topological polar surface area (TPSA) is 44.7 Å². The molecule has 40 heavy (non-hydrogen) atoms. The number of hydrogen-bond acceptors (Lipinski definition) is 4. The maximum Gasteiger partial charge on any atom is 0.139 e. The van der Waals surface area contributed by atoms with Gasteiger partial charge >= 0.3 is 0 Å². The van der Waals surface area contributed by atoms with Crippen molar-refractivity contribution in [3.63, 3.8) is 0 Å². The molecule has 0 radical (unpaired) electrons. The first-order valence-corrected chi connectivity index (χ1v) is 15.2. The van der Waals surface area contributed by atoms with Gasteiger partial charge in [-0.25, -0.2) is 4.99 Å². The number of nitrogens with one attached hydrogen (secondary N) is 1. The Morgan fingerprint density at radius 2 is 1.85 bits per heavy atom. The van der Waals surface area contributed by atoms with E-state index in [9.17, 15) is 4.79 Å². The Morgan fingerprint density at radius 3 is 2.50 bits per heavy atom. The summed E-state index contributed by atoms with van der Waals surface area (Å²) in [6, 6.07) is 15.2. The zero-order valence-corrected chi connectivity index (χ0v) is 26.1. The first-order chi connectivity index (χ1) is 19.1. The number of anilines is 1. The minimum atomic E-state index is -0.557. The zero-order valence-electron chi connectivity index (χ0n) is 26.1. The maximum atomic E-state index is 12.0. The number of aryl methyl sites for hydroxylation is 1. The Labute approximate surface area is 243 Å². The Kier molecular flexibility index (Phi) is 11.5. The lowest BCUT2D eigenvalue weighted by Gasteiger charge is -2.25. The molecule has 1 atom stereocenters. The number of Topliss-reactive ketones (excluding diaryl/α,β-unsaturated/α-hetero) is 1. The predicted octanol–water partition coefficient (Wildman–Crippen LogP) is 9.01. The van der Waals surface area contributed by atoms with Gasteiger partial charge in [0.25, 0.3) is 0 Å². The summed E-state index contributed by atoms with van der Waals surface area (Å²) in [7, 11) is 0. The number of aliphatic imine (C=N–C) groups is 1. The molecule has 2 aromatic carbocycles. The molecule has 1 saturated heterocycles. The number of allylic oxidation sites excluding steroid dienone is 2.